The van der Waals surface area contributed by atoms with Gasteiger partial charge in [0.1, 0.15) is 0 Å². The van der Waals surface area contributed by atoms with Gasteiger partial charge in [-0.15, -0.1) is 12.4 Å². The van der Waals surface area contributed by atoms with Crippen LogP contribution in [0.15, 0.2) is 0 Å². The van der Waals surface area contributed by atoms with Crippen molar-refractivity contribution in [1.29, 1.82) is 0 Å². The first-order valence-corrected chi connectivity index (χ1v) is 8.27. The van der Waals surface area contributed by atoms with Crippen LogP contribution < -0.4 is 5.32 Å². The van der Waals surface area contributed by atoms with Crippen molar-refractivity contribution in [1.82, 2.24) is 15.1 Å². The van der Waals surface area contributed by atoms with E-state index >= 15 is 0 Å². The highest BCUT2D eigenvalue weighted by Crippen LogP contribution is 2.28. The third-order valence-electron chi connectivity index (χ3n) is 4.52. The fraction of sp³-hybridized carbons (Fsp3) is 0.875. The van der Waals surface area contributed by atoms with E-state index in [1.54, 1.807) is 19.0 Å². The number of carbonyl (C=O) groups excluding carboxylic acids is 2. The second-order valence-electron chi connectivity index (χ2n) is 6.65. The molecule has 1 aliphatic carbocycles. The Balaban J connectivity index is 0.00000242. The summed E-state index contributed by atoms with van der Waals surface area (Å²) in [4.78, 5) is 27.1. The first-order valence-electron chi connectivity index (χ1n) is 8.27. The van der Waals surface area contributed by atoms with E-state index in [4.69, 9.17) is 0 Å². The minimum absolute atomic E-state index is 0. The Morgan fingerprint density at radius 2 is 1.73 bits per heavy atom. The summed E-state index contributed by atoms with van der Waals surface area (Å²) in [5.74, 6) is 1.23. The molecule has 2 rings (SSSR count). The van der Waals surface area contributed by atoms with E-state index < -0.39 is 0 Å². The Labute approximate surface area is 140 Å². The maximum absolute atomic E-state index is 12.1. The van der Waals surface area contributed by atoms with Gasteiger partial charge in [0.15, 0.2) is 0 Å². The molecule has 1 saturated carbocycles. The Kier molecular flexibility index (Phi) is 8.18. The average molecular weight is 332 g/mol. The molecule has 22 heavy (non-hydrogen) atoms. The van der Waals surface area contributed by atoms with Crippen molar-refractivity contribution < 1.29 is 9.59 Å². The van der Waals surface area contributed by atoms with Crippen LogP contribution in [0.2, 0.25) is 0 Å². The monoisotopic (exact) mass is 331 g/mol. The predicted octanol–water partition coefficient (Wildman–Crippen LogP) is 1.66. The third kappa shape index (κ3) is 6.53. The van der Waals surface area contributed by atoms with Crippen molar-refractivity contribution in [3.63, 3.8) is 0 Å². The number of rotatable bonds is 7. The van der Waals surface area contributed by atoms with Crippen molar-refractivity contribution in [2.24, 2.45) is 5.92 Å². The molecular formula is C16H30ClN3O2. The molecule has 1 N–H and O–H groups in total. The smallest absolute Gasteiger partial charge is 0.222 e. The van der Waals surface area contributed by atoms with Crippen LogP contribution in [0.4, 0.5) is 0 Å². The maximum Gasteiger partial charge on any atom is 0.222 e. The van der Waals surface area contributed by atoms with Crippen molar-refractivity contribution in [2.75, 3.05) is 33.7 Å². The first kappa shape index (κ1) is 19.2. The van der Waals surface area contributed by atoms with E-state index in [1.165, 1.54) is 12.8 Å². The second kappa shape index (κ2) is 9.36. The maximum atomic E-state index is 12.1. The Morgan fingerprint density at radius 3 is 2.27 bits per heavy atom. The molecule has 0 radical (unpaired) electrons. The van der Waals surface area contributed by atoms with E-state index in [-0.39, 0.29) is 24.2 Å². The summed E-state index contributed by atoms with van der Waals surface area (Å²) in [6.07, 6.45) is 6.53. The molecule has 0 atom stereocenters. The van der Waals surface area contributed by atoms with Crippen molar-refractivity contribution in [2.45, 2.75) is 51.0 Å². The molecule has 6 heteroatoms. The van der Waals surface area contributed by atoms with E-state index in [9.17, 15) is 9.59 Å². The predicted molar refractivity (Wildman–Crippen MR) is 90.1 cm³/mol. The molecule has 0 bridgehead atoms. The molecule has 2 aliphatic rings. The SMILES string of the molecule is CN(C)C(=O)CCCC(=O)N1CCC(NCC2CC2)CC1.Cl. The van der Waals surface area contributed by atoms with Crippen molar-refractivity contribution >= 4 is 24.2 Å². The number of amides is 2. The van der Waals surface area contributed by atoms with Gasteiger partial charge in [-0.3, -0.25) is 9.59 Å². The van der Waals surface area contributed by atoms with Gasteiger partial charge in [-0.05, 0) is 44.6 Å². The summed E-state index contributed by atoms with van der Waals surface area (Å²) in [6.45, 7) is 2.89. The van der Waals surface area contributed by atoms with Crippen LogP contribution in [-0.4, -0.2) is 61.4 Å². The zero-order chi connectivity index (χ0) is 15.2. The fourth-order valence-electron chi connectivity index (χ4n) is 2.76. The molecule has 1 aliphatic heterocycles. The Hall–Kier alpha value is -0.810. The number of likely N-dealkylation sites (tertiary alicyclic amines) is 1. The van der Waals surface area contributed by atoms with Crippen LogP contribution >= 0.6 is 12.4 Å². The molecular weight excluding hydrogens is 302 g/mol. The lowest BCUT2D eigenvalue weighted by molar-refractivity contribution is -0.132. The lowest BCUT2D eigenvalue weighted by atomic mass is 10.0. The van der Waals surface area contributed by atoms with Crippen LogP contribution in [0.5, 0.6) is 0 Å². The van der Waals surface area contributed by atoms with Crippen molar-refractivity contribution in [3.8, 4) is 0 Å². The topological polar surface area (TPSA) is 52.7 Å². The minimum Gasteiger partial charge on any atom is -0.349 e. The van der Waals surface area contributed by atoms with Gasteiger partial charge in [0, 0.05) is 46.1 Å². The summed E-state index contributed by atoms with van der Waals surface area (Å²) in [6, 6.07) is 0.588. The van der Waals surface area contributed by atoms with E-state index in [0.717, 1.165) is 38.4 Å². The lowest BCUT2D eigenvalue weighted by Gasteiger charge is -2.32. The molecule has 2 amide bonds. The molecule has 2 fully saturated rings. The van der Waals surface area contributed by atoms with Crippen LogP contribution in [0, 0.1) is 5.92 Å². The van der Waals surface area contributed by atoms with Gasteiger partial charge in [0.25, 0.3) is 0 Å². The van der Waals surface area contributed by atoms with Crippen molar-refractivity contribution in [3.05, 3.63) is 0 Å². The zero-order valence-corrected chi connectivity index (χ0v) is 14.7. The molecule has 0 aromatic carbocycles. The third-order valence-corrected chi connectivity index (χ3v) is 4.52. The highest BCUT2D eigenvalue weighted by molar-refractivity contribution is 5.85. The quantitative estimate of drug-likeness (QED) is 0.772. The van der Waals surface area contributed by atoms with Gasteiger partial charge in [-0.2, -0.15) is 0 Å². The van der Waals surface area contributed by atoms with E-state index in [2.05, 4.69) is 5.32 Å². The largest absolute Gasteiger partial charge is 0.349 e. The summed E-state index contributed by atoms with van der Waals surface area (Å²) < 4.78 is 0. The number of halogens is 1. The summed E-state index contributed by atoms with van der Waals surface area (Å²) >= 11 is 0. The van der Waals surface area contributed by atoms with Gasteiger partial charge < -0.3 is 15.1 Å². The first-order chi connectivity index (χ1) is 10.1. The van der Waals surface area contributed by atoms with Gasteiger partial charge in [0.2, 0.25) is 11.8 Å². The number of piperidine rings is 1. The highest BCUT2D eigenvalue weighted by atomic mass is 35.5. The molecule has 128 valence electrons. The number of carbonyl (C=O) groups is 2. The molecule has 1 saturated heterocycles. The summed E-state index contributed by atoms with van der Waals surface area (Å²) in [7, 11) is 3.51. The minimum atomic E-state index is 0. The molecule has 0 aromatic heterocycles. The number of hydrogen-bond acceptors (Lipinski definition) is 3. The van der Waals surface area contributed by atoms with Crippen LogP contribution in [0.25, 0.3) is 0 Å². The lowest BCUT2D eigenvalue weighted by Crippen LogP contribution is -2.45. The van der Waals surface area contributed by atoms with Gasteiger partial charge in [-0.25, -0.2) is 0 Å². The van der Waals surface area contributed by atoms with Gasteiger partial charge in [0.05, 0.1) is 0 Å². The molecule has 0 unspecified atom stereocenters. The highest BCUT2D eigenvalue weighted by Gasteiger charge is 2.25. The molecule has 5 nitrogen and oxygen atoms in total. The van der Waals surface area contributed by atoms with Crippen LogP contribution in [-0.2, 0) is 9.59 Å². The number of nitrogens with one attached hydrogen (secondary N) is 1. The normalized spacial score (nSPS) is 18.7. The Morgan fingerprint density at radius 1 is 1.09 bits per heavy atom. The molecule has 0 aromatic rings. The summed E-state index contributed by atoms with van der Waals surface area (Å²) in [5.41, 5.74) is 0. The number of hydrogen-bond donors (Lipinski definition) is 1. The second-order valence-corrected chi connectivity index (χ2v) is 6.65. The average Bonchev–Trinajstić information content (AvgIpc) is 3.29. The van der Waals surface area contributed by atoms with Gasteiger partial charge in [-0.1, -0.05) is 0 Å². The van der Waals surface area contributed by atoms with E-state index in [1.807, 2.05) is 4.90 Å². The van der Waals surface area contributed by atoms with Gasteiger partial charge >= 0.3 is 0 Å². The summed E-state index contributed by atoms with van der Waals surface area (Å²) in [5, 5.41) is 3.63. The van der Waals surface area contributed by atoms with Crippen LogP contribution in [0.3, 0.4) is 0 Å². The molecule has 1 heterocycles. The van der Waals surface area contributed by atoms with E-state index in [0.29, 0.717) is 25.3 Å². The number of nitrogens with zero attached hydrogens (tertiary/aromatic N) is 2. The van der Waals surface area contributed by atoms with Crippen LogP contribution in [0.1, 0.15) is 44.9 Å². The fourth-order valence-corrected chi connectivity index (χ4v) is 2.76. The Bertz CT molecular complexity index is 364. The molecule has 0 spiro atoms. The standard InChI is InChI=1S/C16H29N3O2.ClH/c1-18(2)15(20)4-3-5-16(21)19-10-8-14(9-11-19)17-12-13-6-7-13;/h13-14,17H,3-12H2,1-2H3;1H. The zero-order valence-electron chi connectivity index (χ0n) is 13.8.